The molecule has 0 aromatic carbocycles. The lowest BCUT2D eigenvalue weighted by molar-refractivity contribution is 0.134. The Bertz CT molecular complexity index is 421. The summed E-state index contributed by atoms with van der Waals surface area (Å²) in [5.74, 6) is 0. The van der Waals surface area contributed by atoms with Gasteiger partial charge >= 0.3 is 0 Å². The number of methoxy groups -OCH3 is 1. The minimum atomic E-state index is 0.557. The number of aromatic nitrogens is 2. The summed E-state index contributed by atoms with van der Waals surface area (Å²) < 4.78 is 7.08. The number of nitrogens with zero attached hydrogens (tertiary/aromatic N) is 2. The molecule has 3 heteroatoms. The van der Waals surface area contributed by atoms with Crippen molar-refractivity contribution in [3.05, 3.63) is 30.1 Å². The predicted molar refractivity (Wildman–Crippen MR) is 74.2 cm³/mol. The van der Waals surface area contributed by atoms with E-state index in [1.54, 1.807) is 13.3 Å². The fourth-order valence-electron chi connectivity index (χ4n) is 1.54. The molecule has 2 aromatic rings. The van der Waals surface area contributed by atoms with Crippen molar-refractivity contribution in [1.82, 2.24) is 9.55 Å². The highest BCUT2D eigenvalue weighted by atomic mass is 16.5. The third-order valence-corrected chi connectivity index (χ3v) is 2.10. The summed E-state index contributed by atoms with van der Waals surface area (Å²) in [4.78, 5) is 4.30. The third kappa shape index (κ3) is 3.86. The van der Waals surface area contributed by atoms with Crippen LogP contribution in [0.15, 0.2) is 24.5 Å². The van der Waals surface area contributed by atoms with E-state index in [9.17, 15) is 0 Å². The van der Waals surface area contributed by atoms with Crippen LogP contribution in [0.2, 0.25) is 0 Å². The second kappa shape index (κ2) is 8.76. The second-order valence-corrected chi connectivity index (χ2v) is 3.07. The lowest BCUT2D eigenvalue weighted by Gasteiger charge is -2.00. The molecule has 0 atom stereocenters. The highest BCUT2D eigenvalue weighted by Crippen LogP contribution is 2.17. The summed E-state index contributed by atoms with van der Waals surface area (Å²) in [6.07, 6.45) is 3.86. The predicted octanol–water partition coefficient (Wildman–Crippen LogP) is 4.00. The lowest BCUT2D eigenvalue weighted by Crippen LogP contribution is -1.98. The van der Waals surface area contributed by atoms with Gasteiger partial charge < -0.3 is 9.30 Å². The first kappa shape index (κ1) is 15.7. The van der Waals surface area contributed by atoms with Crippen LogP contribution in [0.4, 0.5) is 0 Å². The minimum Gasteiger partial charge on any atom is -0.364 e. The summed E-state index contributed by atoms with van der Waals surface area (Å²) in [5.41, 5.74) is 2.22. The van der Waals surface area contributed by atoms with Gasteiger partial charge in [-0.3, -0.25) is 0 Å². The SMILES string of the molecule is CC.CC.COCn1cc(C)c2cccnc21. The van der Waals surface area contributed by atoms with Crippen LogP contribution in [0, 0.1) is 6.92 Å². The Morgan fingerprint density at radius 1 is 1.24 bits per heavy atom. The van der Waals surface area contributed by atoms with Crippen molar-refractivity contribution < 1.29 is 4.74 Å². The molecule has 3 nitrogen and oxygen atoms in total. The molecule has 2 heterocycles. The van der Waals surface area contributed by atoms with Crippen LogP contribution in [-0.4, -0.2) is 16.7 Å². The Morgan fingerprint density at radius 3 is 2.47 bits per heavy atom. The van der Waals surface area contributed by atoms with Gasteiger partial charge in [0.25, 0.3) is 0 Å². The molecule has 0 amide bonds. The molecule has 0 fully saturated rings. The van der Waals surface area contributed by atoms with Crippen LogP contribution in [0.25, 0.3) is 11.0 Å². The number of aryl methyl sites for hydroxylation is 1. The highest BCUT2D eigenvalue weighted by Gasteiger charge is 2.04. The van der Waals surface area contributed by atoms with Crippen molar-refractivity contribution in [3.63, 3.8) is 0 Å². The van der Waals surface area contributed by atoms with Crippen molar-refractivity contribution >= 4 is 11.0 Å². The summed E-state index contributed by atoms with van der Waals surface area (Å²) in [7, 11) is 1.68. The molecule has 0 bridgehead atoms. The quantitative estimate of drug-likeness (QED) is 0.788. The molecule has 0 aliphatic heterocycles. The standard InChI is InChI=1S/C10H12N2O.2C2H6/c1-8-6-12(7-13-2)10-9(8)4-3-5-11-10;2*1-2/h3-6H,7H2,1-2H3;2*1-2H3. The zero-order valence-electron chi connectivity index (χ0n) is 11.8. The van der Waals surface area contributed by atoms with E-state index in [-0.39, 0.29) is 0 Å². The molecule has 17 heavy (non-hydrogen) atoms. The molecule has 0 saturated heterocycles. The second-order valence-electron chi connectivity index (χ2n) is 3.07. The third-order valence-electron chi connectivity index (χ3n) is 2.10. The van der Waals surface area contributed by atoms with E-state index in [0.717, 1.165) is 5.65 Å². The fourth-order valence-corrected chi connectivity index (χ4v) is 1.54. The normalized spacial score (nSPS) is 9.06. The molecule has 2 rings (SSSR count). The van der Waals surface area contributed by atoms with Gasteiger partial charge in [-0.2, -0.15) is 0 Å². The van der Waals surface area contributed by atoms with Gasteiger partial charge in [0.2, 0.25) is 0 Å². The number of hydrogen-bond donors (Lipinski definition) is 0. The maximum absolute atomic E-state index is 5.07. The van der Waals surface area contributed by atoms with E-state index < -0.39 is 0 Å². The maximum Gasteiger partial charge on any atom is 0.141 e. The van der Waals surface area contributed by atoms with E-state index in [2.05, 4.69) is 24.2 Å². The van der Waals surface area contributed by atoms with Gasteiger partial charge in [0.1, 0.15) is 12.4 Å². The van der Waals surface area contributed by atoms with Crippen LogP contribution in [0.5, 0.6) is 0 Å². The molecule has 0 saturated carbocycles. The number of rotatable bonds is 2. The molecule has 96 valence electrons. The number of ether oxygens (including phenoxy) is 1. The van der Waals surface area contributed by atoms with Crippen molar-refractivity contribution in [2.45, 2.75) is 41.3 Å². The summed E-state index contributed by atoms with van der Waals surface area (Å²) in [6, 6.07) is 4.02. The van der Waals surface area contributed by atoms with E-state index >= 15 is 0 Å². The molecular formula is C14H24N2O. The number of hydrogen-bond acceptors (Lipinski definition) is 2. The molecule has 0 N–H and O–H groups in total. The molecule has 0 aliphatic rings. The van der Waals surface area contributed by atoms with Crippen molar-refractivity contribution in [2.24, 2.45) is 0 Å². The Labute approximate surface area is 104 Å². The smallest absolute Gasteiger partial charge is 0.141 e. The van der Waals surface area contributed by atoms with Gasteiger partial charge in [-0.05, 0) is 24.6 Å². The van der Waals surface area contributed by atoms with Gasteiger partial charge in [0.15, 0.2) is 0 Å². The fraction of sp³-hybridized carbons (Fsp3) is 0.500. The molecule has 0 aliphatic carbocycles. The Morgan fingerprint density at radius 2 is 1.88 bits per heavy atom. The van der Waals surface area contributed by atoms with Crippen molar-refractivity contribution in [1.29, 1.82) is 0 Å². The van der Waals surface area contributed by atoms with E-state index in [1.165, 1.54) is 10.9 Å². The zero-order valence-corrected chi connectivity index (χ0v) is 11.8. The number of fused-ring (bicyclic) bond motifs is 1. The Kier molecular flexibility index (Phi) is 8.07. The van der Waals surface area contributed by atoms with Crippen LogP contribution in [0.3, 0.4) is 0 Å². The lowest BCUT2D eigenvalue weighted by atomic mass is 10.2. The molecule has 0 spiro atoms. The van der Waals surface area contributed by atoms with Gasteiger partial charge in [0.05, 0.1) is 0 Å². The zero-order chi connectivity index (χ0) is 13.3. The Balaban J connectivity index is 0.000000581. The summed E-state index contributed by atoms with van der Waals surface area (Å²) >= 11 is 0. The van der Waals surface area contributed by atoms with Gasteiger partial charge in [-0.25, -0.2) is 4.98 Å². The first-order chi connectivity index (χ1) is 8.33. The van der Waals surface area contributed by atoms with Gasteiger partial charge in [0, 0.05) is 24.9 Å². The summed E-state index contributed by atoms with van der Waals surface area (Å²) in [6.45, 7) is 10.6. The monoisotopic (exact) mass is 236 g/mol. The first-order valence-electron chi connectivity index (χ1n) is 6.22. The van der Waals surface area contributed by atoms with Gasteiger partial charge in [-0.15, -0.1) is 0 Å². The maximum atomic E-state index is 5.07. The molecule has 2 aromatic heterocycles. The first-order valence-corrected chi connectivity index (χ1v) is 6.22. The van der Waals surface area contributed by atoms with Crippen LogP contribution >= 0.6 is 0 Å². The molecular weight excluding hydrogens is 212 g/mol. The molecule has 0 radical (unpaired) electrons. The average Bonchev–Trinajstić information content (AvgIpc) is 2.73. The topological polar surface area (TPSA) is 27.1 Å². The average molecular weight is 236 g/mol. The highest BCUT2D eigenvalue weighted by molar-refractivity contribution is 5.79. The van der Waals surface area contributed by atoms with Crippen LogP contribution < -0.4 is 0 Å². The minimum absolute atomic E-state index is 0.557. The van der Waals surface area contributed by atoms with Crippen LogP contribution in [-0.2, 0) is 11.5 Å². The number of pyridine rings is 1. The van der Waals surface area contributed by atoms with Crippen LogP contribution in [0.1, 0.15) is 33.3 Å². The Hall–Kier alpha value is -1.35. The van der Waals surface area contributed by atoms with Crippen molar-refractivity contribution in [3.8, 4) is 0 Å². The van der Waals surface area contributed by atoms with E-state index in [0.29, 0.717) is 6.73 Å². The van der Waals surface area contributed by atoms with E-state index in [4.69, 9.17) is 4.74 Å². The van der Waals surface area contributed by atoms with Gasteiger partial charge in [-0.1, -0.05) is 27.7 Å². The summed E-state index contributed by atoms with van der Waals surface area (Å²) in [5, 5.41) is 1.19. The van der Waals surface area contributed by atoms with Crippen molar-refractivity contribution in [2.75, 3.05) is 7.11 Å². The largest absolute Gasteiger partial charge is 0.364 e. The molecule has 0 unspecified atom stereocenters. The van der Waals surface area contributed by atoms with E-state index in [1.807, 2.05) is 38.3 Å².